The van der Waals surface area contributed by atoms with E-state index in [0.29, 0.717) is 11.8 Å². The Kier molecular flexibility index (Phi) is 8.54. The fraction of sp³-hybridized carbons (Fsp3) is 0. The van der Waals surface area contributed by atoms with E-state index >= 15 is 0 Å². The van der Waals surface area contributed by atoms with Crippen LogP contribution in [0.4, 0.5) is 0 Å². The molecule has 0 amide bonds. The maximum atomic E-state index is 10.1. The zero-order valence-corrected chi connectivity index (χ0v) is 27.1. The van der Waals surface area contributed by atoms with Crippen LogP contribution >= 0.6 is 0 Å². The number of fused-ring (bicyclic) bond motifs is 2. The maximum Gasteiger partial charge on any atom is 2.00 e. The summed E-state index contributed by atoms with van der Waals surface area (Å²) >= 11 is 0. The molecule has 0 bridgehead atoms. The molecule has 6 aromatic carbocycles. The molecule has 0 saturated carbocycles. The third kappa shape index (κ3) is 5.99. The van der Waals surface area contributed by atoms with E-state index in [4.69, 9.17) is 8.83 Å². The molecular formula is C38H26N2O4Zn+2. The van der Waals surface area contributed by atoms with Gasteiger partial charge in [-0.25, -0.2) is 9.97 Å². The Balaban J connectivity index is 0.000000155. The summed E-state index contributed by atoms with van der Waals surface area (Å²) in [7, 11) is 0. The zero-order chi connectivity index (χ0) is 29.9. The minimum absolute atomic E-state index is 0. The van der Waals surface area contributed by atoms with Crippen LogP contribution in [-0.2, 0) is 19.5 Å². The number of aromatic hydroxyl groups is 2. The molecule has 8 aromatic rings. The van der Waals surface area contributed by atoms with Crippen LogP contribution in [0.5, 0.6) is 11.5 Å². The summed E-state index contributed by atoms with van der Waals surface area (Å²) in [5.74, 6) is 1.59. The molecule has 0 aliphatic rings. The van der Waals surface area contributed by atoms with Crippen LogP contribution in [0.15, 0.2) is 154 Å². The molecule has 212 valence electrons. The number of oxazole rings is 2. The van der Waals surface area contributed by atoms with Crippen molar-refractivity contribution in [2.75, 3.05) is 0 Å². The van der Waals surface area contributed by atoms with E-state index in [1.54, 1.807) is 24.3 Å². The fourth-order valence-electron chi connectivity index (χ4n) is 5.19. The Morgan fingerprint density at radius 2 is 0.667 bits per heavy atom. The number of aromatic nitrogens is 2. The average molecular weight is 640 g/mol. The zero-order valence-electron chi connectivity index (χ0n) is 24.2. The Morgan fingerprint density at radius 3 is 1.04 bits per heavy atom. The molecule has 2 N–H and O–H groups in total. The van der Waals surface area contributed by atoms with E-state index in [9.17, 15) is 10.2 Å². The first kappa shape index (κ1) is 29.6. The molecule has 0 radical (unpaired) electrons. The number of benzene rings is 6. The number of para-hydroxylation sites is 6. The van der Waals surface area contributed by atoms with Gasteiger partial charge < -0.3 is 19.0 Å². The van der Waals surface area contributed by atoms with Crippen molar-refractivity contribution in [2.45, 2.75) is 0 Å². The molecule has 45 heavy (non-hydrogen) atoms. The number of rotatable bonds is 4. The van der Waals surface area contributed by atoms with Gasteiger partial charge in [-0.3, -0.25) is 0 Å². The van der Waals surface area contributed by atoms with Gasteiger partial charge >= 0.3 is 19.5 Å². The molecule has 8 rings (SSSR count). The van der Waals surface area contributed by atoms with Gasteiger partial charge in [0.15, 0.2) is 11.2 Å². The molecule has 0 aliphatic carbocycles. The monoisotopic (exact) mass is 638 g/mol. The van der Waals surface area contributed by atoms with Crippen LogP contribution in [0.2, 0.25) is 0 Å². The number of phenols is 2. The van der Waals surface area contributed by atoms with Gasteiger partial charge in [0.05, 0.1) is 0 Å². The second kappa shape index (κ2) is 13.0. The van der Waals surface area contributed by atoms with E-state index in [1.165, 1.54) is 0 Å². The van der Waals surface area contributed by atoms with Crippen molar-refractivity contribution in [1.82, 2.24) is 9.97 Å². The number of phenolic OH excluding ortho intramolecular Hbond substituents is 2. The second-order valence-electron chi connectivity index (χ2n) is 10.1. The molecular weight excluding hydrogens is 614 g/mol. The molecule has 0 unspecified atom stereocenters. The number of hydrogen-bond donors (Lipinski definition) is 2. The molecule has 2 aromatic heterocycles. The number of nitrogens with zero attached hydrogens (tertiary/aromatic N) is 2. The summed E-state index contributed by atoms with van der Waals surface area (Å²) < 4.78 is 11.7. The summed E-state index contributed by atoms with van der Waals surface area (Å²) in [6.45, 7) is 0. The van der Waals surface area contributed by atoms with Crippen LogP contribution in [-0.4, -0.2) is 20.2 Å². The quantitative estimate of drug-likeness (QED) is 0.186. The van der Waals surface area contributed by atoms with E-state index in [1.807, 2.05) is 121 Å². The van der Waals surface area contributed by atoms with Crippen molar-refractivity contribution >= 4 is 22.2 Å². The summed E-state index contributed by atoms with van der Waals surface area (Å²) in [4.78, 5) is 9.10. The smallest absolute Gasteiger partial charge is 0.507 e. The Hall–Kier alpha value is -5.52. The third-order valence-electron chi connectivity index (χ3n) is 7.29. The minimum Gasteiger partial charge on any atom is -0.507 e. The van der Waals surface area contributed by atoms with Crippen molar-refractivity contribution in [3.05, 3.63) is 146 Å². The molecule has 0 saturated heterocycles. The molecule has 0 aliphatic heterocycles. The largest absolute Gasteiger partial charge is 2.00 e. The molecule has 0 fully saturated rings. The third-order valence-corrected chi connectivity index (χ3v) is 7.29. The molecule has 0 spiro atoms. The van der Waals surface area contributed by atoms with Gasteiger partial charge in [-0.15, -0.1) is 0 Å². The summed E-state index contributed by atoms with van der Waals surface area (Å²) in [5.41, 5.74) is 8.20. The van der Waals surface area contributed by atoms with Crippen molar-refractivity contribution < 1.29 is 38.5 Å². The van der Waals surface area contributed by atoms with Gasteiger partial charge in [-0.1, -0.05) is 97.1 Å². The van der Waals surface area contributed by atoms with E-state index in [2.05, 4.69) is 9.97 Å². The van der Waals surface area contributed by atoms with Gasteiger partial charge in [-0.05, 0) is 59.7 Å². The van der Waals surface area contributed by atoms with E-state index in [0.717, 1.165) is 55.6 Å². The van der Waals surface area contributed by atoms with Crippen LogP contribution in [0.1, 0.15) is 0 Å². The van der Waals surface area contributed by atoms with Crippen molar-refractivity contribution in [3.8, 4) is 56.7 Å². The van der Waals surface area contributed by atoms with Crippen molar-refractivity contribution in [2.24, 2.45) is 0 Å². The summed E-state index contributed by atoms with van der Waals surface area (Å²) in [6, 6.07) is 45.5. The SMILES string of the molecule is Oc1ccccc1-c1ccccc1-c1nc2ccccc2o1.Oc1ccccc1-c1ccccc1-c1nc2ccccc2o1.[Zn+2]. The topological polar surface area (TPSA) is 92.5 Å². The van der Waals surface area contributed by atoms with Crippen LogP contribution in [0.25, 0.3) is 67.4 Å². The Bertz CT molecular complexity index is 2010. The van der Waals surface area contributed by atoms with Gasteiger partial charge in [0, 0.05) is 22.3 Å². The fourth-order valence-corrected chi connectivity index (χ4v) is 5.19. The first-order valence-corrected chi connectivity index (χ1v) is 14.1. The number of hydrogen-bond acceptors (Lipinski definition) is 6. The van der Waals surface area contributed by atoms with Crippen LogP contribution < -0.4 is 0 Å². The maximum absolute atomic E-state index is 10.1. The standard InChI is InChI=1S/2C19H13NO2.Zn/c2*21-17-11-5-3-8-14(17)13-7-1-2-9-15(13)19-20-16-10-4-6-12-18(16)22-19;/h2*1-12,21H;/q;;+2. The first-order valence-electron chi connectivity index (χ1n) is 14.1. The Labute approximate surface area is 272 Å². The molecule has 7 heteroatoms. The van der Waals surface area contributed by atoms with Crippen LogP contribution in [0.3, 0.4) is 0 Å². The van der Waals surface area contributed by atoms with E-state index < -0.39 is 0 Å². The van der Waals surface area contributed by atoms with Gasteiger partial charge in [0.2, 0.25) is 11.8 Å². The van der Waals surface area contributed by atoms with Crippen molar-refractivity contribution in [1.29, 1.82) is 0 Å². The summed E-state index contributed by atoms with van der Waals surface area (Å²) in [5, 5.41) is 20.2. The normalized spacial score (nSPS) is 10.7. The predicted octanol–water partition coefficient (Wildman–Crippen LogP) is 9.73. The first-order chi connectivity index (χ1) is 21.7. The second-order valence-corrected chi connectivity index (χ2v) is 10.1. The summed E-state index contributed by atoms with van der Waals surface area (Å²) in [6.07, 6.45) is 0. The van der Waals surface area contributed by atoms with Gasteiger partial charge in [0.25, 0.3) is 0 Å². The average Bonchev–Trinajstić information content (AvgIpc) is 3.70. The minimum atomic E-state index is 0. The van der Waals surface area contributed by atoms with Crippen LogP contribution in [0, 0.1) is 0 Å². The van der Waals surface area contributed by atoms with Gasteiger partial charge in [-0.2, -0.15) is 0 Å². The van der Waals surface area contributed by atoms with Gasteiger partial charge in [0.1, 0.15) is 22.5 Å². The van der Waals surface area contributed by atoms with Crippen molar-refractivity contribution in [3.63, 3.8) is 0 Å². The predicted molar refractivity (Wildman–Crippen MR) is 173 cm³/mol. The molecule has 0 atom stereocenters. The Morgan fingerprint density at radius 1 is 0.356 bits per heavy atom. The van der Waals surface area contributed by atoms with E-state index in [-0.39, 0.29) is 31.0 Å². The molecule has 2 heterocycles. The molecule has 6 nitrogen and oxygen atoms in total.